The zero-order valence-electron chi connectivity index (χ0n) is 12.9. The van der Waals surface area contributed by atoms with Gasteiger partial charge >= 0.3 is 0 Å². The van der Waals surface area contributed by atoms with E-state index in [0.717, 1.165) is 37.6 Å². The fourth-order valence-corrected chi connectivity index (χ4v) is 1.59. The van der Waals surface area contributed by atoms with E-state index >= 15 is 0 Å². The van der Waals surface area contributed by atoms with Crippen LogP contribution in [0.5, 0.6) is 0 Å². The van der Waals surface area contributed by atoms with E-state index in [4.69, 9.17) is 0 Å². The van der Waals surface area contributed by atoms with Gasteiger partial charge in [0, 0.05) is 0 Å². The summed E-state index contributed by atoms with van der Waals surface area (Å²) in [6, 6.07) is 7.77. The highest BCUT2D eigenvalue weighted by Crippen LogP contribution is 2.18. The van der Waals surface area contributed by atoms with Gasteiger partial charge in [-0.3, -0.25) is 0 Å². The first-order valence-electron chi connectivity index (χ1n) is 7.26. The lowest BCUT2D eigenvalue weighted by molar-refractivity contribution is 0.479. The van der Waals surface area contributed by atoms with Gasteiger partial charge in [-0.15, -0.1) is 24.3 Å². The van der Waals surface area contributed by atoms with Crippen molar-refractivity contribution < 1.29 is 0 Å². The number of nitrogens with zero attached hydrogens (tertiary/aromatic N) is 4. The average Bonchev–Trinajstić information content (AvgIpc) is 2.50. The standard InChI is InChI=1S/C16H24N4/c1-5-19(6-2)13-17-15-9-11-16(12-10-15)18-14-20(7-3)8-4/h9-12H,5-8H2,1-4H3/q-2. The molecule has 0 fully saturated rings. The van der Waals surface area contributed by atoms with Gasteiger partial charge in [0.15, 0.2) is 0 Å². The van der Waals surface area contributed by atoms with Crippen molar-refractivity contribution >= 4 is 24.1 Å². The summed E-state index contributed by atoms with van der Waals surface area (Å²) in [6.45, 7) is 12.0. The molecule has 0 aliphatic rings. The Kier molecular flexibility index (Phi) is 7.40. The molecule has 1 rings (SSSR count). The number of hydrogen-bond donors (Lipinski definition) is 0. The highest BCUT2D eigenvalue weighted by atomic mass is 15.1. The molecule has 0 heterocycles. The Morgan fingerprint density at radius 3 is 1.25 bits per heavy atom. The molecule has 4 heteroatoms. The fraction of sp³-hybridized carbons (Fsp3) is 0.500. The first-order chi connectivity index (χ1) is 9.73. The molecule has 0 atom stereocenters. The van der Waals surface area contributed by atoms with Crippen molar-refractivity contribution in [1.29, 1.82) is 0 Å². The van der Waals surface area contributed by atoms with Crippen molar-refractivity contribution in [1.82, 2.24) is 9.80 Å². The molecule has 0 saturated carbocycles. The Labute approximate surface area is 122 Å². The van der Waals surface area contributed by atoms with E-state index < -0.39 is 0 Å². The van der Waals surface area contributed by atoms with Gasteiger partial charge in [0.1, 0.15) is 0 Å². The smallest absolute Gasteiger partial charge is 0.00204 e. The minimum Gasteiger partial charge on any atom is -0.446 e. The minimum atomic E-state index is 0.888. The summed E-state index contributed by atoms with van der Waals surface area (Å²) in [5.41, 5.74) is 1.78. The van der Waals surface area contributed by atoms with Crippen molar-refractivity contribution in [2.75, 3.05) is 26.2 Å². The van der Waals surface area contributed by atoms with Gasteiger partial charge < -0.3 is 19.8 Å². The Morgan fingerprint density at radius 2 is 1.00 bits per heavy atom. The van der Waals surface area contributed by atoms with Crippen molar-refractivity contribution in [3.05, 3.63) is 24.3 Å². The van der Waals surface area contributed by atoms with Gasteiger partial charge in [0.2, 0.25) is 0 Å². The third-order valence-electron chi connectivity index (χ3n) is 3.02. The average molecular weight is 272 g/mol. The van der Waals surface area contributed by atoms with Crippen LogP contribution in [-0.4, -0.2) is 48.7 Å². The van der Waals surface area contributed by atoms with Crippen LogP contribution < -0.4 is 0 Å². The maximum atomic E-state index is 4.32. The molecule has 0 bridgehead atoms. The summed E-state index contributed by atoms with van der Waals surface area (Å²) >= 11 is 0. The molecule has 0 unspecified atom stereocenters. The third kappa shape index (κ3) is 5.43. The van der Waals surface area contributed by atoms with Crippen LogP contribution in [0.4, 0.5) is 11.4 Å². The first-order valence-corrected chi connectivity index (χ1v) is 7.26. The van der Waals surface area contributed by atoms with Crippen molar-refractivity contribution in [2.24, 2.45) is 9.98 Å². The molecule has 1 aromatic carbocycles. The maximum Gasteiger partial charge on any atom is -0.00204 e. The van der Waals surface area contributed by atoms with E-state index in [9.17, 15) is 0 Å². The molecule has 20 heavy (non-hydrogen) atoms. The predicted molar refractivity (Wildman–Crippen MR) is 86.5 cm³/mol. The molecule has 4 nitrogen and oxygen atoms in total. The van der Waals surface area contributed by atoms with Crippen LogP contribution in [0.3, 0.4) is 0 Å². The van der Waals surface area contributed by atoms with E-state index in [1.807, 2.05) is 34.1 Å². The quantitative estimate of drug-likeness (QED) is 0.314. The van der Waals surface area contributed by atoms with Crippen molar-refractivity contribution in [3.63, 3.8) is 0 Å². The van der Waals surface area contributed by atoms with Gasteiger partial charge in [0.25, 0.3) is 0 Å². The molecular formula is C16H24N4-2. The normalized spacial score (nSPS) is 11.4. The van der Waals surface area contributed by atoms with Crippen molar-refractivity contribution in [2.45, 2.75) is 27.7 Å². The highest BCUT2D eigenvalue weighted by molar-refractivity contribution is 5.64. The SMILES string of the molecule is CCN([C-]=Nc1ccc(N=[C-]N(CC)CC)cc1)CC. The highest BCUT2D eigenvalue weighted by Gasteiger charge is 1.84. The maximum absolute atomic E-state index is 4.32. The fourth-order valence-electron chi connectivity index (χ4n) is 1.59. The lowest BCUT2D eigenvalue weighted by atomic mass is 10.3. The van der Waals surface area contributed by atoms with E-state index in [1.165, 1.54) is 0 Å². The van der Waals surface area contributed by atoms with Crippen LogP contribution in [0, 0.1) is 0 Å². The number of rotatable bonds is 8. The molecule has 0 aliphatic carbocycles. The lowest BCUT2D eigenvalue weighted by Gasteiger charge is -2.22. The van der Waals surface area contributed by atoms with Gasteiger partial charge in [-0.25, -0.2) is 0 Å². The molecule has 0 N–H and O–H groups in total. The van der Waals surface area contributed by atoms with Crippen LogP contribution in [0.15, 0.2) is 34.3 Å². The Morgan fingerprint density at radius 1 is 0.700 bits per heavy atom. The number of aliphatic imine (C=N–C) groups is 2. The number of hydrogen-bond acceptors (Lipinski definition) is 2. The topological polar surface area (TPSA) is 31.2 Å². The van der Waals surface area contributed by atoms with E-state index in [1.54, 1.807) is 0 Å². The zero-order chi connectivity index (χ0) is 14.8. The lowest BCUT2D eigenvalue weighted by Crippen LogP contribution is -2.20. The Hall–Kier alpha value is -1.84. The molecule has 0 radical (unpaired) electrons. The molecule has 1 aromatic rings. The monoisotopic (exact) mass is 272 g/mol. The van der Waals surface area contributed by atoms with Crippen LogP contribution in [0.25, 0.3) is 0 Å². The summed E-state index contributed by atoms with van der Waals surface area (Å²) in [6.07, 6.45) is 6.05. The molecule has 0 aromatic heterocycles. The van der Waals surface area contributed by atoms with E-state index in [-0.39, 0.29) is 0 Å². The van der Waals surface area contributed by atoms with Crippen LogP contribution >= 0.6 is 0 Å². The minimum absolute atomic E-state index is 0.888. The van der Waals surface area contributed by atoms with Gasteiger partial charge in [-0.2, -0.15) is 0 Å². The van der Waals surface area contributed by atoms with Crippen LogP contribution in [0.1, 0.15) is 27.7 Å². The Bertz CT molecular complexity index is 374. The molecule has 0 amide bonds. The summed E-state index contributed by atoms with van der Waals surface area (Å²) in [4.78, 5) is 12.7. The molecular weight excluding hydrogens is 248 g/mol. The predicted octanol–water partition coefficient (Wildman–Crippen LogP) is 3.44. The first kappa shape index (κ1) is 16.2. The molecule has 0 aliphatic heterocycles. The van der Waals surface area contributed by atoms with Gasteiger partial charge in [0.05, 0.1) is 0 Å². The summed E-state index contributed by atoms with van der Waals surface area (Å²) in [7, 11) is 0. The molecule has 110 valence electrons. The Balaban J connectivity index is 2.64. The van der Waals surface area contributed by atoms with E-state index in [0.29, 0.717) is 0 Å². The number of benzene rings is 1. The van der Waals surface area contributed by atoms with Gasteiger partial charge in [-0.05, 0) is 53.9 Å². The van der Waals surface area contributed by atoms with Crippen molar-refractivity contribution in [3.8, 4) is 0 Å². The van der Waals surface area contributed by atoms with Crippen LogP contribution in [-0.2, 0) is 0 Å². The summed E-state index contributed by atoms with van der Waals surface area (Å²) in [5.74, 6) is 0. The largest absolute Gasteiger partial charge is 0.446 e. The molecule has 0 saturated heterocycles. The second-order valence-corrected chi connectivity index (χ2v) is 4.28. The summed E-state index contributed by atoms with van der Waals surface area (Å²) in [5, 5.41) is 0. The van der Waals surface area contributed by atoms with Gasteiger partial charge in [-0.1, -0.05) is 24.1 Å². The van der Waals surface area contributed by atoms with E-state index in [2.05, 4.69) is 50.4 Å². The molecule has 0 spiro atoms. The summed E-state index contributed by atoms with van der Waals surface area (Å²) < 4.78 is 0. The second-order valence-electron chi connectivity index (χ2n) is 4.28. The zero-order valence-corrected chi connectivity index (χ0v) is 12.9. The second kappa shape index (κ2) is 9.13. The van der Waals surface area contributed by atoms with Crippen LogP contribution in [0.2, 0.25) is 0 Å². The third-order valence-corrected chi connectivity index (χ3v) is 3.02.